The first-order chi connectivity index (χ1) is 8.20. The van der Waals surface area contributed by atoms with E-state index in [0.29, 0.717) is 22.8 Å². The fraction of sp³-hybridized carbons (Fsp3) is 0.0909. The topological polar surface area (TPSA) is 93.0 Å². The summed E-state index contributed by atoms with van der Waals surface area (Å²) in [5, 5.41) is 9.00. The number of carbonyl (C=O) groups excluding carboxylic acids is 1. The maximum absolute atomic E-state index is 11.9. The van der Waals surface area contributed by atoms with Crippen LogP contribution in [0.5, 0.6) is 5.75 Å². The van der Waals surface area contributed by atoms with Crippen molar-refractivity contribution in [2.45, 2.75) is 0 Å². The molecule has 1 aromatic heterocycles. The van der Waals surface area contributed by atoms with E-state index in [4.69, 9.17) is 10.5 Å². The second-order valence-electron chi connectivity index (χ2n) is 3.38. The minimum Gasteiger partial charge on any atom is -0.497 e. The summed E-state index contributed by atoms with van der Waals surface area (Å²) in [7, 11) is 1.53. The summed E-state index contributed by atoms with van der Waals surface area (Å²) in [6.45, 7) is 0. The molecule has 0 saturated heterocycles. The normalized spacial score (nSPS) is 9.94. The monoisotopic (exact) mass is 232 g/mol. The largest absolute Gasteiger partial charge is 0.497 e. The second kappa shape index (κ2) is 4.56. The molecule has 6 heteroatoms. The lowest BCUT2D eigenvalue weighted by Crippen LogP contribution is -2.14. The van der Waals surface area contributed by atoms with Crippen LogP contribution in [-0.4, -0.2) is 23.2 Å². The summed E-state index contributed by atoms with van der Waals surface area (Å²) < 4.78 is 5.04. The van der Waals surface area contributed by atoms with E-state index in [1.807, 2.05) is 0 Å². The third kappa shape index (κ3) is 2.36. The van der Waals surface area contributed by atoms with Crippen molar-refractivity contribution in [2.24, 2.45) is 0 Å². The van der Waals surface area contributed by atoms with Gasteiger partial charge in [0.2, 0.25) is 0 Å². The van der Waals surface area contributed by atoms with Crippen molar-refractivity contribution in [2.75, 3.05) is 18.2 Å². The molecule has 6 nitrogen and oxygen atoms in total. The van der Waals surface area contributed by atoms with E-state index in [1.165, 1.54) is 7.11 Å². The number of anilines is 2. The van der Waals surface area contributed by atoms with E-state index in [1.54, 1.807) is 30.5 Å². The predicted octanol–water partition coefficient (Wildman–Crippen LogP) is 1.25. The molecule has 0 bridgehead atoms. The van der Waals surface area contributed by atoms with Gasteiger partial charge in [-0.2, -0.15) is 5.10 Å². The highest BCUT2D eigenvalue weighted by molar-refractivity contribution is 6.07. The van der Waals surface area contributed by atoms with Gasteiger partial charge in [-0.05, 0) is 18.2 Å². The molecule has 2 rings (SSSR count). The smallest absolute Gasteiger partial charge is 0.259 e. The maximum Gasteiger partial charge on any atom is 0.259 e. The highest BCUT2D eigenvalue weighted by atomic mass is 16.5. The van der Waals surface area contributed by atoms with Gasteiger partial charge in [-0.1, -0.05) is 0 Å². The Morgan fingerprint density at radius 3 is 2.94 bits per heavy atom. The summed E-state index contributed by atoms with van der Waals surface area (Å²) in [4.78, 5) is 11.9. The Bertz CT molecular complexity index is 522. The van der Waals surface area contributed by atoms with Crippen LogP contribution in [-0.2, 0) is 0 Å². The number of ether oxygens (including phenoxy) is 1. The molecule has 1 amide bonds. The minimum absolute atomic E-state index is 0.314. The van der Waals surface area contributed by atoms with Gasteiger partial charge in [-0.3, -0.25) is 9.89 Å². The summed E-state index contributed by atoms with van der Waals surface area (Å²) in [5.74, 6) is 0.775. The molecule has 0 atom stereocenters. The SMILES string of the molecule is COc1ccc(N)c(C(=O)Nc2ccn[nH]2)c1. The average molecular weight is 232 g/mol. The first-order valence-electron chi connectivity index (χ1n) is 4.95. The first kappa shape index (κ1) is 11.0. The Hall–Kier alpha value is -2.50. The third-order valence-electron chi connectivity index (χ3n) is 2.25. The second-order valence-corrected chi connectivity index (χ2v) is 3.38. The number of aromatic nitrogens is 2. The Morgan fingerprint density at radius 2 is 2.29 bits per heavy atom. The number of nitrogen functional groups attached to an aromatic ring is 1. The van der Waals surface area contributed by atoms with Crippen LogP contribution in [0.15, 0.2) is 30.5 Å². The van der Waals surface area contributed by atoms with E-state index in [9.17, 15) is 4.79 Å². The Balaban J connectivity index is 2.24. The van der Waals surface area contributed by atoms with E-state index >= 15 is 0 Å². The number of nitrogens with two attached hydrogens (primary N) is 1. The fourth-order valence-electron chi connectivity index (χ4n) is 1.37. The fourth-order valence-corrected chi connectivity index (χ4v) is 1.37. The molecule has 1 aromatic carbocycles. The van der Waals surface area contributed by atoms with E-state index < -0.39 is 0 Å². The number of methoxy groups -OCH3 is 1. The van der Waals surface area contributed by atoms with Crippen LogP contribution in [0.25, 0.3) is 0 Å². The number of hydrogen-bond acceptors (Lipinski definition) is 4. The minimum atomic E-state index is -0.314. The number of amides is 1. The molecule has 88 valence electrons. The zero-order chi connectivity index (χ0) is 12.3. The van der Waals surface area contributed by atoms with Crippen molar-refractivity contribution in [3.8, 4) is 5.75 Å². The van der Waals surface area contributed by atoms with Gasteiger partial charge in [0, 0.05) is 11.8 Å². The number of benzene rings is 1. The highest BCUT2D eigenvalue weighted by Gasteiger charge is 2.11. The van der Waals surface area contributed by atoms with Gasteiger partial charge in [-0.25, -0.2) is 0 Å². The molecule has 0 aliphatic heterocycles. The molecule has 2 aromatic rings. The number of carbonyl (C=O) groups is 1. The highest BCUT2D eigenvalue weighted by Crippen LogP contribution is 2.20. The molecular weight excluding hydrogens is 220 g/mol. The number of nitrogens with zero attached hydrogens (tertiary/aromatic N) is 1. The summed E-state index contributed by atoms with van der Waals surface area (Å²) in [5.41, 5.74) is 6.48. The molecule has 0 saturated carbocycles. The average Bonchev–Trinajstić information content (AvgIpc) is 2.82. The van der Waals surface area contributed by atoms with Crippen LogP contribution >= 0.6 is 0 Å². The van der Waals surface area contributed by atoms with Crippen LogP contribution in [0.2, 0.25) is 0 Å². The van der Waals surface area contributed by atoms with Gasteiger partial charge in [-0.15, -0.1) is 0 Å². The van der Waals surface area contributed by atoms with E-state index in [2.05, 4.69) is 15.5 Å². The molecule has 0 spiro atoms. The molecule has 4 N–H and O–H groups in total. The lowest BCUT2D eigenvalue weighted by atomic mass is 10.1. The predicted molar refractivity (Wildman–Crippen MR) is 63.9 cm³/mol. The van der Waals surface area contributed by atoms with E-state index in [-0.39, 0.29) is 5.91 Å². The van der Waals surface area contributed by atoms with Gasteiger partial charge in [0.1, 0.15) is 11.6 Å². The Labute approximate surface area is 97.8 Å². The van der Waals surface area contributed by atoms with Crippen LogP contribution in [0.3, 0.4) is 0 Å². The number of nitrogens with one attached hydrogen (secondary N) is 2. The van der Waals surface area contributed by atoms with Crippen molar-refractivity contribution in [3.05, 3.63) is 36.0 Å². The summed E-state index contributed by atoms with van der Waals surface area (Å²) in [6, 6.07) is 6.55. The van der Waals surface area contributed by atoms with Crippen molar-refractivity contribution in [1.82, 2.24) is 10.2 Å². The Morgan fingerprint density at radius 1 is 1.47 bits per heavy atom. The van der Waals surface area contributed by atoms with Crippen LogP contribution in [0.4, 0.5) is 11.5 Å². The molecule has 17 heavy (non-hydrogen) atoms. The zero-order valence-electron chi connectivity index (χ0n) is 9.23. The number of aromatic amines is 1. The standard InChI is InChI=1S/C11H12N4O2/c1-17-7-2-3-9(12)8(6-7)11(16)14-10-4-5-13-15-10/h2-6H,12H2,1H3,(H2,13,14,15,16). The summed E-state index contributed by atoms with van der Waals surface area (Å²) >= 11 is 0. The third-order valence-corrected chi connectivity index (χ3v) is 2.25. The first-order valence-corrected chi connectivity index (χ1v) is 4.95. The lowest BCUT2D eigenvalue weighted by Gasteiger charge is -2.07. The summed E-state index contributed by atoms with van der Waals surface area (Å²) in [6.07, 6.45) is 1.55. The Kier molecular flexibility index (Phi) is 2.95. The van der Waals surface area contributed by atoms with Gasteiger partial charge < -0.3 is 15.8 Å². The molecule has 0 aliphatic rings. The zero-order valence-corrected chi connectivity index (χ0v) is 9.23. The maximum atomic E-state index is 11.9. The van der Waals surface area contributed by atoms with Gasteiger partial charge in [0.05, 0.1) is 18.9 Å². The molecule has 1 heterocycles. The molecule has 0 radical (unpaired) electrons. The van der Waals surface area contributed by atoms with E-state index in [0.717, 1.165) is 0 Å². The number of rotatable bonds is 3. The lowest BCUT2D eigenvalue weighted by molar-refractivity contribution is 0.102. The number of hydrogen-bond donors (Lipinski definition) is 3. The van der Waals surface area contributed by atoms with Crippen LogP contribution in [0.1, 0.15) is 10.4 Å². The van der Waals surface area contributed by atoms with Gasteiger partial charge in [0.15, 0.2) is 0 Å². The van der Waals surface area contributed by atoms with Gasteiger partial charge in [0.25, 0.3) is 5.91 Å². The quantitative estimate of drug-likeness (QED) is 0.694. The molecule has 0 aliphatic carbocycles. The molecular formula is C11H12N4O2. The van der Waals surface area contributed by atoms with Crippen molar-refractivity contribution in [3.63, 3.8) is 0 Å². The molecule has 0 unspecified atom stereocenters. The van der Waals surface area contributed by atoms with Crippen LogP contribution < -0.4 is 15.8 Å². The van der Waals surface area contributed by atoms with Crippen LogP contribution in [0, 0.1) is 0 Å². The van der Waals surface area contributed by atoms with Crippen molar-refractivity contribution >= 4 is 17.4 Å². The molecule has 0 fully saturated rings. The van der Waals surface area contributed by atoms with Gasteiger partial charge >= 0.3 is 0 Å². The number of H-pyrrole nitrogens is 1. The van der Waals surface area contributed by atoms with Crippen molar-refractivity contribution in [1.29, 1.82) is 0 Å². The van der Waals surface area contributed by atoms with Crippen molar-refractivity contribution < 1.29 is 9.53 Å².